The Morgan fingerprint density at radius 1 is 1.32 bits per heavy atom. The van der Waals surface area contributed by atoms with Crippen molar-refractivity contribution >= 4 is 11.9 Å². The maximum absolute atomic E-state index is 12.2. The average Bonchev–Trinajstić information content (AvgIpc) is 3.02. The number of hydrogen-bond acceptors (Lipinski definition) is 3. The number of benzene rings is 1. The van der Waals surface area contributed by atoms with Gasteiger partial charge >= 0.3 is 5.97 Å². The number of aliphatic carboxylic acids is 1. The summed E-state index contributed by atoms with van der Waals surface area (Å²) in [6, 6.07) is 3.47. The van der Waals surface area contributed by atoms with E-state index in [4.69, 9.17) is 9.84 Å². The molecule has 0 aromatic heterocycles. The molecule has 0 spiro atoms. The van der Waals surface area contributed by atoms with Gasteiger partial charge in [-0.2, -0.15) is 0 Å². The van der Waals surface area contributed by atoms with Crippen LogP contribution in [-0.2, 0) is 4.79 Å². The minimum absolute atomic E-state index is 0.0984. The number of ether oxygens (including phenoxy) is 1. The van der Waals surface area contributed by atoms with Crippen molar-refractivity contribution in [2.75, 3.05) is 13.2 Å². The van der Waals surface area contributed by atoms with E-state index in [2.05, 4.69) is 19.2 Å². The minimum atomic E-state index is -1.02. The van der Waals surface area contributed by atoms with E-state index in [1.165, 1.54) is 0 Å². The second-order valence-corrected chi connectivity index (χ2v) is 6.72. The zero-order valence-electron chi connectivity index (χ0n) is 13.5. The van der Waals surface area contributed by atoms with E-state index in [9.17, 15) is 9.59 Å². The third-order valence-corrected chi connectivity index (χ3v) is 4.29. The van der Waals surface area contributed by atoms with Gasteiger partial charge in [0.15, 0.2) is 6.61 Å². The van der Waals surface area contributed by atoms with Crippen molar-refractivity contribution in [3.8, 4) is 5.75 Å². The molecule has 0 bridgehead atoms. The lowest BCUT2D eigenvalue weighted by Crippen LogP contribution is -2.26. The summed E-state index contributed by atoms with van der Waals surface area (Å²) < 4.78 is 5.27. The molecule has 1 atom stereocenters. The van der Waals surface area contributed by atoms with Crippen LogP contribution in [0.4, 0.5) is 0 Å². The summed E-state index contributed by atoms with van der Waals surface area (Å²) in [5, 5.41) is 11.6. The first-order valence-electron chi connectivity index (χ1n) is 7.45. The molecular weight excluding hydrogens is 282 g/mol. The van der Waals surface area contributed by atoms with E-state index >= 15 is 0 Å². The van der Waals surface area contributed by atoms with Crippen LogP contribution in [0.2, 0.25) is 0 Å². The van der Waals surface area contributed by atoms with Gasteiger partial charge in [-0.3, -0.25) is 4.79 Å². The fourth-order valence-corrected chi connectivity index (χ4v) is 2.69. The zero-order valence-corrected chi connectivity index (χ0v) is 13.5. The molecular formula is C17H23NO4. The molecule has 120 valence electrons. The second kappa shape index (κ2) is 5.99. The normalized spacial score (nSPS) is 18.6. The molecule has 2 N–H and O–H groups in total. The van der Waals surface area contributed by atoms with E-state index in [1.54, 1.807) is 12.1 Å². The number of carboxylic acids is 1. The maximum Gasteiger partial charge on any atom is 0.341 e. The fraction of sp³-hybridized carbons (Fsp3) is 0.529. The second-order valence-electron chi connectivity index (χ2n) is 6.72. The van der Waals surface area contributed by atoms with Gasteiger partial charge < -0.3 is 15.2 Å². The van der Waals surface area contributed by atoms with Crippen LogP contribution in [0.3, 0.4) is 0 Å². The van der Waals surface area contributed by atoms with Gasteiger partial charge in [0, 0.05) is 12.1 Å². The van der Waals surface area contributed by atoms with Crippen LogP contribution in [0, 0.1) is 25.2 Å². The molecule has 0 saturated heterocycles. The first-order valence-corrected chi connectivity index (χ1v) is 7.45. The topological polar surface area (TPSA) is 75.6 Å². The highest BCUT2D eigenvalue weighted by Crippen LogP contribution is 2.50. The number of carboxylic acid groups (broad SMARTS) is 1. The molecule has 1 aromatic rings. The average molecular weight is 305 g/mol. The molecule has 1 aliphatic carbocycles. The number of amides is 1. The van der Waals surface area contributed by atoms with Gasteiger partial charge in [-0.25, -0.2) is 4.79 Å². The number of carbonyl (C=O) groups excluding carboxylic acids is 1. The number of rotatable bonds is 6. The number of aryl methyl sites for hydroxylation is 2. The van der Waals surface area contributed by atoms with Crippen molar-refractivity contribution in [1.29, 1.82) is 0 Å². The highest BCUT2D eigenvalue weighted by Gasteiger charge is 2.45. The Kier molecular flexibility index (Phi) is 4.44. The summed E-state index contributed by atoms with van der Waals surface area (Å²) in [6.07, 6.45) is 1.15. The van der Waals surface area contributed by atoms with Crippen LogP contribution >= 0.6 is 0 Å². The van der Waals surface area contributed by atoms with E-state index in [0.29, 0.717) is 29.2 Å². The van der Waals surface area contributed by atoms with Crippen molar-refractivity contribution in [2.24, 2.45) is 11.3 Å². The molecule has 5 heteroatoms. The molecule has 0 aliphatic heterocycles. The van der Waals surface area contributed by atoms with E-state index < -0.39 is 5.97 Å². The van der Waals surface area contributed by atoms with E-state index in [0.717, 1.165) is 17.5 Å². The third kappa shape index (κ3) is 3.78. The molecule has 1 aliphatic rings. The summed E-state index contributed by atoms with van der Waals surface area (Å²) in [5.41, 5.74) is 2.45. The van der Waals surface area contributed by atoms with E-state index in [-0.39, 0.29) is 12.5 Å². The van der Waals surface area contributed by atoms with E-state index in [1.807, 2.05) is 13.8 Å². The lowest BCUT2D eigenvalue weighted by atomic mass is 10.0. The van der Waals surface area contributed by atoms with Gasteiger partial charge in [0.2, 0.25) is 0 Å². The number of carbonyl (C=O) groups is 2. The van der Waals surface area contributed by atoms with Crippen LogP contribution in [0.1, 0.15) is 41.8 Å². The predicted molar refractivity (Wildman–Crippen MR) is 83.3 cm³/mol. The van der Waals surface area contributed by atoms with Gasteiger partial charge in [-0.15, -0.1) is 0 Å². The summed E-state index contributed by atoms with van der Waals surface area (Å²) in [7, 11) is 0. The molecule has 22 heavy (non-hydrogen) atoms. The molecule has 1 amide bonds. The SMILES string of the molecule is Cc1cc(C(=O)NCC2CC2(C)C)cc(C)c1OCC(=O)O. The Hall–Kier alpha value is -2.04. The van der Waals surface area contributed by atoms with Gasteiger partial charge in [-0.05, 0) is 54.9 Å². The lowest BCUT2D eigenvalue weighted by Gasteiger charge is -2.13. The molecule has 2 rings (SSSR count). The van der Waals surface area contributed by atoms with Crippen LogP contribution in [-0.4, -0.2) is 30.1 Å². The largest absolute Gasteiger partial charge is 0.481 e. The van der Waals surface area contributed by atoms with Crippen molar-refractivity contribution in [3.05, 3.63) is 28.8 Å². The van der Waals surface area contributed by atoms with Crippen LogP contribution in [0.5, 0.6) is 5.75 Å². The highest BCUT2D eigenvalue weighted by molar-refractivity contribution is 5.95. The molecule has 1 unspecified atom stereocenters. The smallest absolute Gasteiger partial charge is 0.341 e. The highest BCUT2D eigenvalue weighted by atomic mass is 16.5. The van der Waals surface area contributed by atoms with Crippen molar-refractivity contribution in [3.63, 3.8) is 0 Å². The Morgan fingerprint density at radius 2 is 1.86 bits per heavy atom. The third-order valence-electron chi connectivity index (χ3n) is 4.29. The predicted octanol–water partition coefficient (Wildman–Crippen LogP) is 2.54. The quantitative estimate of drug-likeness (QED) is 0.847. The van der Waals surface area contributed by atoms with Gasteiger partial charge in [0.25, 0.3) is 5.91 Å². The zero-order chi connectivity index (χ0) is 16.5. The van der Waals surface area contributed by atoms with Gasteiger partial charge in [-0.1, -0.05) is 13.8 Å². The standard InChI is InChI=1S/C17H23NO4/c1-10-5-12(6-11(2)15(10)22-9-14(19)20)16(21)18-8-13-7-17(13,3)4/h5-6,13H,7-9H2,1-4H3,(H,18,21)(H,19,20). The van der Waals surface area contributed by atoms with Crippen molar-refractivity contribution in [1.82, 2.24) is 5.32 Å². The van der Waals surface area contributed by atoms with Gasteiger partial charge in [0.05, 0.1) is 0 Å². The Labute approximate surface area is 130 Å². The minimum Gasteiger partial charge on any atom is -0.481 e. The summed E-state index contributed by atoms with van der Waals surface area (Å²) in [6.45, 7) is 8.33. The summed E-state index contributed by atoms with van der Waals surface area (Å²) in [4.78, 5) is 22.8. The first kappa shape index (κ1) is 16.3. The molecule has 1 fully saturated rings. The Morgan fingerprint density at radius 3 is 2.32 bits per heavy atom. The van der Waals surface area contributed by atoms with Crippen molar-refractivity contribution in [2.45, 2.75) is 34.1 Å². The molecule has 1 saturated carbocycles. The van der Waals surface area contributed by atoms with Crippen molar-refractivity contribution < 1.29 is 19.4 Å². The molecule has 1 aromatic carbocycles. The maximum atomic E-state index is 12.2. The Bertz CT molecular complexity index is 584. The first-order chi connectivity index (χ1) is 10.2. The fourth-order valence-electron chi connectivity index (χ4n) is 2.69. The summed E-state index contributed by atoms with van der Waals surface area (Å²) in [5.74, 6) is -0.0366. The monoisotopic (exact) mass is 305 g/mol. The summed E-state index contributed by atoms with van der Waals surface area (Å²) >= 11 is 0. The number of hydrogen-bond donors (Lipinski definition) is 2. The lowest BCUT2D eigenvalue weighted by molar-refractivity contribution is -0.139. The van der Waals surface area contributed by atoms with Gasteiger partial charge in [0.1, 0.15) is 5.75 Å². The van der Waals surface area contributed by atoms with Crippen LogP contribution in [0.25, 0.3) is 0 Å². The molecule has 0 radical (unpaired) electrons. The molecule has 0 heterocycles. The number of nitrogens with one attached hydrogen (secondary N) is 1. The van der Waals surface area contributed by atoms with Crippen LogP contribution in [0.15, 0.2) is 12.1 Å². The van der Waals surface area contributed by atoms with Crippen LogP contribution < -0.4 is 10.1 Å². The Balaban J connectivity index is 2.02. The molecule has 5 nitrogen and oxygen atoms in total.